The van der Waals surface area contributed by atoms with Crippen molar-refractivity contribution in [3.8, 4) is 11.3 Å². The van der Waals surface area contributed by atoms with E-state index in [0.29, 0.717) is 0 Å². The van der Waals surface area contributed by atoms with Crippen LogP contribution in [0.5, 0.6) is 0 Å². The van der Waals surface area contributed by atoms with Crippen LogP contribution in [0.3, 0.4) is 0 Å². The lowest BCUT2D eigenvalue weighted by Crippen LogP contribution is -2.19. The molecule has 0 bridgehead atoms. The molecule has 0 radical (unpaired) electrons. The van der Waals surface area contributed by atoms with Crippen LogP contribution in [0, 0.1) is 0 Å². The second kappa shape index (κ2) is 6.87. The standard InChI is InChI=1S/C19H18BrN3O/c20-14-9-7-13(8-10-14)18-16-5-1-2-6-17(16)19(23-22-18)21-12-15-4-3-11-24-15/h1-2,5-10,15H,3-4,11-12H2,(H,21,23). The van der Waals surface area contributed by atoms with Crippen molar-refractivity contribution in [2.75, 3.05) is 18.5 Å². The Morgan fingerprint density at radius 1 is 1.04 bits per heavy atom. The Labute approximate surface area is 149 Å². The molecule has 24 heavy (non-hydrogen) atoms. The summed E-state index contributed by atoms with van der Waals surface area (Å²) in [6.07, 6.45) is 2.52. The van der Waals surface area contributed by atoms with Crippen LogP contribution in [0.15, 0.2) is 53.0 Å². The highest BCUT2D eigenvalue weighted by atomic mass is 79.9. The lowest BCUT2D eigenvalue weighted by atomic mass is 10.0. The zero-order chi connectivity index (χ0) is 16.4. The third-order valence-electron chi connectivity index (χ3n) is 4.33. The van der Waals surface area contributed by atoms with Crippen LogP contribution >= 0.6 is 15.9 Å². The van der Waals surface area contributed by atoms with Gasteiger partial charge in [0.15, 0.2) is 5.82 Å². The average Bonchev–Trinajstić information content (AvgIpc) is 3.14. The molecule has 1 unspecified atom stereocenters. The van der Waals surface area contributed by atoms with Gasteiger partial charge >= 0.3 is 0 Å². The zero-order valence-corrected chi connectivity index (χ0v) is 14.8. The molecule has 2 heterocycles. The first-order chi connectivity index (χ1) is 11.8. The quantitative estimate of drug-likeness (QED) is 0.711. The molecule has 1 aliphatic rings. The van der Waals surface area contributed by atoms with Gasteiger partial charge in [0.2, 0.25) is 0 Å². The molecule has 1 aliphatic heterocycles. The number of ether oxygens (including phenoxy) is 1. The molecule has 1 N–H and O–H groups in total. The maximum absolute atomic E-state index is 5.68. The van der Waals surface area contributed by atoms with Crippen LogP contribution < -0.4 is 5.32 Å². The summed E-state index contributed by atoms with van der Waals surface area (Å²) >= 11 is 3.47. The van der Waals surface area contributed by atoms with Crippen molar-refractivity contribution in [1.29, 1.82) is 0 Å². The van der Waals surface area contributed by atoms with Crippen molar-refractivity contribution in [3.63, 3.8) is 0 Å². The number of nitrogens with zero attached hydrogens (tertiary/aromatic N) is 2. The van der Waals surface area contributed by atoms with E-state index >= 15 is 0 Å². The van der Waals surface area contributed by atoms with Crippen molar-refractivity contribution in [1.82, 2.24) is 10.2 Å². The number of aromatic nitrogens is 2. The minimum absolute atomic E-state index is 0.275. The third kappa shape index (κ3) is 3.14. The first-order valence-corrected chi connectivity index (χ1v) is 8.97. The molecule has 122 valence electrons. The second-order valence-corrected chi connectivity index (χ2v) is 6.88. The van der Waals surface area contributed by atoms with E-state index in [-0.39, 0.29) is 6.10 Å². The van der Waals surface area contributed by atoms with Gasteiger partial charge in [0.05, 0.1) is 6.10 Å². The highest BCUT2D eigenvalue weighted by Gasteiger charge is 2.16. The van der Waals surface area contributed by atoms with Gasteiger partial charge in [0, 0.05) is 34.0 Å². The normalized spacial score (nSPS) is 17.3. The summed E-state index contributed by atoms with van der Waals surface area (Å²) in [6.45, 7) is 1.64. The highest BCUT2D eigenvalue weighted by molar-refractivity contribution is 9.10. The monoisotopic (exact) mass is 383 g/mol. The Morgan fingerprint density at radius 3 is 2.58 bits per heavy atom. The van der Waals surface area contributed by atoms with Gasteiger partial charge in [-0.2, -0.15) is 0 Å². The summed E-state index contributed by atoms with van der Waals surface area (Å²) < 4.78 is 6.73. The Bertz CT molecular complexity index is 845. The van der Waals surface area contributed by atoms with Crippen molar-refractivity contribution >= 4 is 32.5 Å². The molecule has 5 heteroatoms. The maximum Gasteiger partial charge on any atom is 0.156 e. The number of nitrogens with one attached hydrogen (secondary N) is 1. The number of anilines is 1. The van der Waals surface area contributed by atoms with Gasteiger partial charge in [0.25, 0.3) is 0 Å². The molecule has 1 atom stereocenters. The molecule has 0 spiro atoms. The van der Waals surface area contributed by atoms with E-state index in [2.05, 4.69) is 55.7 Å². The molecular formula is C19H18BrN3O. The van der Waals surface area contributed by atoms with Crippen LogP contribution in [0.4, 0.5) is 5.82 Å². The van der Waals surface area contributed by atoms with Gasteiger partial charge in [-0.15, -0.1) is 10.2 Å². The second-order valence-electron chi connectivity index (χ2n) is 5.97. The van der Waals surface area contributed by atoms with E-state index in [9.17, 15) is 0 Å². The smallest absolute Gasteiger partial charge is 0.156 e. The maximum atomic E-state index is 5.68. The summed E-state index contributed by atoms with van der Waals surface area (Å²) in [5.41, 5.74) is 1.97. The van der Waals surface area contributed by atoms with Crippen LogP contribution in [-0.2, 0) is 4.74 Å². The molecule has 3 aromatic rings. The fraction of sp³-hybridized carbons (Fsp3) is 0.263. The summed E-state index contributed by atoms with van der Waals surface area (Å²) in [7, 11) is 0. The lowest BCUT2D eigenvalue weighted by Gasteiger charge is -2.14. The van der Waals surface area contributed by atoms with Crippen LogP contribution in [0.25, 0.3) is 22.0 Å². The van der Waals surface area contributed by atoms with Crippen molar-refractivity contribution in [2.24, 2.45) is 0 Å². The molecule has 2 aromatic carbocycles. The SMILES string of the molecule is Brc1ccc(-c2nnc(NCC3CCCO3)c3ccccc23)cc1. The molecule has 4 nitrogen and oxygen atoms in total. The van der Waals surface area contributed by atoms with E-state index in [1.54, 1.807) is 0 Å². The van der Waals surface area contributed by atoms with Crippen molar-refractivity contribution < 1.29 is 4.74 Å². The molecule has 0 aliphatic carbocycles. The van der Waals surface area contributed by atoms with Crippen LogP contribution in [-0.4, -0.2) is 29.5 Å². The Hall–Kier alpha value is -1.98. The predicted molar refractivity (Wildman–Crippen MR) is 100 cm³/mol. The molecule has 1 fully saturated rings. The fourth-order valence-electron chi connectivity index (χ4n) is 3.07. The van der Waals surface area contributed by atoms with Gasteiger partial charge in [-0.05, 0) is 25.0 Å². The molecule has 4 rings (SSSR count). The summed E-state index contributed by atoms with van der Waals surface area (Å²) in [6, 6.07) is 16.4. The van der Waals surface area contributed by atoms with Gasteiger partial charge in [-0.1, -0.05) is 52.3 Å². The first kappa shape index (κ1) is 15.5. The number of hydrogen-bond donors (Lipinski definition) is 1. The van der Waals surface area contributed by atoms with Gasteiger partial charge in [0.1, 0.15) is 5.69 Å². The predicted octanol–water partition coefficient (Wildman–Crippen LogP) is 4.65. The molecule has 0 amide bonds. The fourth-order valence-corrected chi connectivity index (χ4v) is 3.34. The molecule has 0 saturated carbocycles. The summed E-state index contributed by atoms with van der Waals surface area (Å²) in [5.74, 6) is 0.821. The van der Waals surface area contributed by atoms with E-state index in [4.69, 9.17) is 4.74 Å². The molecular weight excluding hydrogens is 366 g/mol. The number of fused-ring (bicyclic) bond motifs is 1. The topological polar surface area (TPSA) is 47.0 Å². The van der Waals surface area contributed by atoms with Gasteiger partial charge < -0.3 is 10.1 Å². The minimum Gasteiger partial charge on any atom is -0.376 e. The summed E-state index contributed by atoms with van der Waals surface area (Å²) in [5, 5.41) is 14.5. The van der Waals surface area contributed by atoms with Crippen LogP contribution in [0.2, 0.25) is 0 Å². The van der Waals surface area contributed by atoms with E-state index < -0.39 is 0 Å². The van der Waals surface area contributed by atoms with Crippen LogP contribution in [0.1, 0.15) is 12.8 Å². The van der Waals surface area contributed by atoms with E-state index in [1.165, 1.54) is 0 Å². The van der Waals surface area contributed by atoms with E-state index in [1.807, 2.05) is 24.3 Å². The van der Waals surface area contributed by atoms with Crippen molar-refractivity contribution in [3.05, 3.63) is 53.0 Å². The Kier molecular flexibility index (Phi) is 4.45. The Morgan fingerprint density at radius 2 is 1.83 bits per heavy atom. The number of halogens is 1. The summed E-state index contributed by atoms with van der Waals surface area (Å²) in [4.78, 5) is 0. The first-order valence-electron chi connectivity index (χ1n) is 8.18. The number of rotatable bonds is 4. The zero-order valence-electron chi connectivity index (χ0n) is 13.2. The number of hydrogen-bond acceptors (Lipinski definition) is 4. The largest absolute Gasteiger partial charge is 0.376 e. The molecule has 1 saturated heterocycles. The Balaban J connectivity index is 1.70. The third-order valence-corrected chi connectivity index (χ3v) is 4.85. The van der Waals surface area contributed by atoms with E-state index in [0.717, 1.165) is 58.3 Å². The average molecular weight is 384 g/mol. The number of benzene rings is 2. The molecule has 1 aromatic heterocycles. The minimum atomic E-state index is 0.275. The van der Waals surface area contributed by atoms with Gasteiger partial charge in [-0.25, -0.2) is 0 Å². The lowest BCUT2D eigenvalue weighted by molar-refractivity contribution is 0.120. The van der Waals surface area contributed by atoms with Crippen molar-refractivity contribution in [2.45, 2.75) is 18.9 Å². The van der Waals surface area contributed by atoms with Gasteiger partial charge in [-0.3, -0.25) is 0 Å². The highest BCUT2D eigenvalue weighted by Crippen LogP contribution is 2.30.